The van der Waals surface area contributed by atoms with Gasteiger partial charge in [-0.25, -0.2) is 4.98 Å². The maximum absolute atomic E-state index is 8.85. The monoisotopic (exact) mass is 375 g/mol. The maximum atomic E-state index is 8.85. The molecule has 0 spiro atoms. The lowest BCUT2D eigenvalue weighted by Gasteiger charge is -2.17. The van der Waals surface area contributed by atoms with Crippen molar-refractivity contribution in [1.82, 2.24) is 19.3 Å². The summed E-state index contributed by atoms with van der Waals surface area (Å²) in [6.45, 7) is 4.29. The molecular weight excluding hydrogens is 350 g/mol. The summed E-state index contributed by atoms with van der Waals surface area (Å²) in [7, 11) is 1.99. The maximum Gasteiger partial charge on any atom is 0.175 e. The molecule has 1 N–H and O–H groups in total. The van der Waals surface area contributed by atoms with Crippen LogP contribution in [-0.4, -0.2) is 44.1 Å². The molecule has 0 saturated carbocycles. The fourth-order valence-corrected chi connectivity index (χ4v) is 3.62. The van der Waals surface area contributed by atoms with Crippen LogP contribution in [0.25, 0.3) is 17.1 Å². The average molecular weight is 375 g/mol. The first-order chi connectivity index (χ1) is 13.7. The zero-order chi connectivity index (χ0) is 19.5. The SMILES string of the molecule is Cc1c(-n2ccnc2-c2ccc(C#CCCO)cc2)c(N2CCCC2)nn1C. The van der Waals surface area contributed by atoms with E-state index >= 15 is 0 Å². The lowest BCUT2D eigenvalue weighted by Crippen LogP contribution is -2.20. The minimum Gasteiger partial charge on any atom is -0.395 e. The third-order valence-corrected chi connectivity index (χ3v) is 5.18. The molecule has 3 heterocycles. The summed E-state index contributed by atoms with van der Waals surface area (Å²) in [5.41, 5.74) is 4.19. The topological polar surface area (TPSA) is 59.1 Å². The molecule has 0 radical (unpaired) electrons. The van der Waals surface area contributed by atoms with Crippen LogP contribution >= 0.6 is 0 Å². The van der Waals surface area contributed by atoms with Gasteiger partial charge in [0.1, 0.15) is 11.5 Å². The van der Waals surface area contributed by atoms with E-state index in [9.17, 15) is 0 Å². The first-order valence-corrected chi connectivity index (χ1v) is 9.71. The highest BCUT2D eigenvalue weighted by Crippen LogP contribution is 2.32. The highest BCUT2D eigenvalue weighted by atomic mass is 16.2. The largest absolute Gasteiger partial charge is 0.395 e. The van der Waals surface area contributed by atoms with Crippen molar-refractivity contribution in [3.05, 3.63) is 47.9 Å². The van der Waals surface area contributed by atoms with E-state index in [0.717, 1.165) is 47.2 Å². The molecule has 0 unspecified atom stereocenters. The molecule has 1 aromatic carbocycles. The number of aryl methyl sites for hydroxylation is 1. The number of rotatable bonds is 4. The van der Waals surface area contributed by atoms with Crippen LogP contribution in [-0.2, 0) is 7.05 Å². The fourth-order valence-electron chi connectivity index (χ4n) is 3.62. The van der Waals surface area contributed by atoms with E-state index in [1.54, 1.807) is 0 Å². The summed E-state index contributed by atoms with van der Waals surface area (Å²) < 4.78 is 4.09. The molecule has 4 rings (SSSR count). The number of aromatic nitrogens is 4. The summed E-state index contributed by atoms with van der Waals surface area (Å²) in [5.74, 6) is 7.95. The zero-order valence-corrected chi connectivity index (χ0v) is 16.4. The van der Waals surface area contributed by atoms with Gasteiger partial charge in [0, 0.05) is 50.1 Å². The average Bonchev–Trinajstić information content (AvgIpc) is 3.44. The van der Waals surface area contributed by atoms with Gasteiger partial charge >= 0.3 is 0 Å². The Kier molecular flexibility index (Phi) is 5.18. The summed E-state index contributed by atoms with van der Waals surface area (Å²) in [4.78, 5) is 6.99. The van der Waals surface area contributed by atoms with E-state index in [1.165, 1.54) is 12.8 Å². The van der Waals surface area contributed by atoms with Crippen molar-refractivity contribution >= 4 is 5.82 Å². The number of anilines is 1. The Morgan fingerprint density at radius 3 is 2.61 bits per heavy atom. The number of nitrogens with zero attached hydrogens (tertiary/aromatic N) is 5. The van der Waals surface area contributed by atoms with Crippen molar-refractivity contribution in [2.45, 2.75) is 26.2 Å². The predicted octanol–water partition coefficient (Wildman–Crippen LogP) is 2.92. The van der Waals surface area contributed by atoms with Crippen molar-refractivity contribution in [3.63, 3.8) is 0 Å². The van der Waals surface area contributed by atoms with E-state index in [4.69, 9.17) is 10.2 Å². The predicted molar refractivity (Wildman–Crippen MR) is 111 cm³/mol. The molecule has 28 heavy (non-hydrogen) atoms. The highest BCUT2D eigenvalue weighted by Gasteiger charge is 2.24. The van der Waals surface area contributed by atoms with Crippen LogP contribution in [0.5, 0.6) is 0 Å². The number of imidazole rings is 1. The summed E-state index contributed by atoms with van der Waals surface area (Å²) >= 11 is 0. The molecule has 1 aliphatic rings. The number of hydrogen-bond donors (Lipinski definition) is 1. The molecule has 0 atom stereocenters. The Bertz CT molecular complexity index is 1010. The van der Waals surface area contributed by atoms with Crippen molar-refractivity contribution in [3.8, 4) is 28.9 Å². The van der Waals surface area contributed by atoms with E-state index in [2.05, 4.69) is 33.2 Å². The summed E-state index contributed by atoms with van der Waals surface area (Å²) in [6.07, 6.45) is 6.76. The molecule has 6 heteroatoms. The van der Waals surface area contributed by atoms with Crippen LogP contribution in [0.2, 0.25) is 0 Å². The minimum absolute atomic E-state index is 0.0896. The molecule has 144 valence electrons. The van der Waals surface area contributed by atoms with E-state index in [1.807, 2.05) is 48.4 Å². The van der Waals surface area contributed by atoms with Gasteiger partial charge in [-0.3, -0.25) is 9.25 Å². The van der Waals surface area contributed by atoms with Crippen LogP contribution in [0.3, 0.4) is 0 Å². The summed E-state index contributed by atoms with van der Waals surface area (Å²) in [5, 5.41) is 13.6. The van der Waals surface area contributed by atoms with Gasteiger partial charge in [-0.15, -0.1) is 0 Å². The smallest absolute Gasteiger partial charge is 0.175 e. The van der Waals surface area contributed by atoms with Gasteiger partial charge < -0.3 is 10.0 Å². The number of hydrogen-bond acceptors (Lipinski definition) is 4. The van der Waals surface area contributed by atoms with Crippen LogP contribution < -0.4 is 4.90 Å². The van der Waals surface area contributed by atoms with E-state index in [0.29, 0.717) is 6.42 Å². The molecule has 2 aromatic heterocycles. The molecule has 0 bridgehead atoms. The van der Waals surface area contributed by atoms with Gasteiger partial charge in [-0.05, 0) is 31.9 Å². The Morgan fingerprint density at radius 2 is 1.89 bits per heavy atom. The quantitative estimate of drug-likeness (QED) is 0.713. The lowest BCUT2D eigenvalue weighted by molar-refractivity contribution is 0.305. The molecule has 3 aromatic rings. The van der Waals surface area contributed by atoms with Gasteiger partial charge in [-0.1, -0.05) is 24.0 Å². The molecular formula is C22H25N5O. The van der Waals surface area contributed by atoms with Gasteiger partial charge in [-0.2, -0.15) is 5.10 Å². The van der Waals surface area contributed by atoms with Gasteiger partial charge in [0.25, 0.3) is 0 Å². The van der Waals surface area contributed by atoms with Gasteiger partial charge in [0.05, 0.1) is 12.3 Å². The Labute approximate surface area is 165 Å². The molecule has 1 aliphatic heterocycles. The summed E-state index contributed by atoms with van der Waals surface area (Å²) in [6, 6.07) is 8.08. The molecule has 1 fully saturated rings. The second kappa shape index (κ2) is 7.91. The molecule has 0 aliphatic carbocycles. The van der Waals surface area contributed by atoms with Crippen LogP contribution in [0.1, 0.15) is 30.5 Å². The standard InChI is InChI=1S/C22H25N5O/c1-17-20(22(24-25(17)2)26-13-4-5-14-26)27-15-12-23-21(27)19-10-8-18(9-11-19)7-3-6-16-28/h8-12,15,28H,4-6,13-14,16H2,1-2H3. The van der Waals surface area contributed by atoms with Gasteiger partial charge in [0.2, 0.25) is 0 Å². The third-order valence-electron chi connectivity index (χ3n) is 5.18. The third kappa shape index (κ3) is 3.41. The number of aliphatic hydroxyl groups is 1. The van der Waals surface area contributed by atoms with Crippen LogP contribution in [0.4, 0.5) is 5.82 Å². The fraction of sp³-hybridized carbons (Fsp3) is 0.364. The lowest BCUT2D eigenvalue weighted by atomic mass is 10.1. The van der Waals surface area contributed by atoms with Crippen molar-refractivity contribution in [2.24, 2.45) is 7.05 Å². The van der Waals surface area contributed by atoms with Crippen molar-refractivity contribution in [1.29, 1.82) is 0 Å². The Hall–Kier alpha value is -3.04. The molecule has 6 nitrogen and oxygen atoms in total. The number of aliphatic hydroxyl groups excluding tert-OH is 1. The van der Waals surface area contributed by atoms with Crippen molar-refractivity contribution in [2.75, 3.05) is 24.6 Å². The normalized spacial score (nSPS) is 13.6. The Balaban J connectivity index is 1.72. The highest BCUT2D eigenvalue weighted by molar-refractivity contribution is 5.67. The van der Waals surface area contributed by atoms with Crippen LogP contribution in [0, 0.1) is 18.8 Å². The molecule has 1 saturated heterocycles. The minimum atomic E-state index is 0.0896. The van der Waals surface area contributed by atoms with E-state index in [-0.39, 0.29) is 6.61 Å². The number of benzene rings is 1. The van der Waals surface area contributed by atoms with Crippen molar-refractivity contribution < 1.29 is 5.11 Å². The second-order valence-electron chi connectivity index (χ2n) is 7.05. The van der Waals surface area contributed by atoms with E-state index < -0.39 is 0 Å². The first kappa shape index (κ1) is 18.3. The molecule has 0 amide bonds. The Morgan fingerprint density at radius 1 is 1.14 bits per heavy atom. The van der Waals surface area contributed by atoms with Crippen LogP contribution in [0.15, 0.2) is 36.7 Å². The van der Waals surface area contributed by atoms with Gasteiger partial charge in [0.15, 0.2) is 5.82 Å². The second-order valence-corrected chi connectivity index (χ2v) is 7.05. The first-order valence-electron chi connectivity index (χ1n) is 9.71. The zero-order valence-electron chi connectivity index (χ0n) is 16.4.